The Labute approximate surface area is 79.3 Å². The molecular weight excluding hydrogens is 193 g/mol. The van der Waals surface area contributed by atoms with Crippen LogP contribution in [0.1, 0.15) is 13.8 Å². The molecule has 0 heterocycles. The molecule has 0 aliphatic heterocycles. The van der Waals surface area contributed by atoms with Crippen LogP contribution < -0.4 is 0 Å². The van der Waals surface area contributed by atoms with E-state index >= 15 is 0 Å². The van der Waals surface area contributed by atoms with Crippen LogP contribution >= 0.6 is 7.37 Å². The summed E-state index contributed by atoms with van der Waals surface area (Å²) in [5.74, 6) is 0. The van der Waals surface area contributed by atoms with Crippen molar-refractivity contribution in [2.24, 2.45) is 0 Å². The van der Waals surface area contributed by atoms with Crippen LogP contribution in [0.5, 0.6) is 0 Å². The van der Waals surface area contributed by atoms with Gasteiger partial charge in [0.1, 0.15) is 6.29 Å². The molecule has 0 saturated heterocycles. The molecule has 0 bridgehead atoms. The first-order valence-electron chi connectivity index (χ1n) is 4.21. The maximum absolute atomic E-state index is 11.5. The highest BCUT2D eigenvalue weighted by atomic mass is 31.2. The Hall–Kier alpha value is 0.0700. The van der Waals surface area contributed by atoms with Gasteiger partial charge < -0.3 is 4.52 Å². The lowest BCUT2D eigenvalue weighted by Crippen LogP contribution is -2.25. The summed E-state index contributed by atoms with van der Waals surface area (Å²) >= 11 is 0. The van der Waals surface area contributed by atoms with Crippen molar-refractivity contribution >= 4 is 7.37 Å². The van der Waals surface area contributed by atoms with Crippen LogP contribution in [0.25, 0.3) is 0 Å². The number of rotatable bonds is 7. The molecule has 80 valence electrons. The van der Waals surface area contributed by atoms with Crippen LogP contribution in [-0.2, 0) is 18.8 Å². The third-order valence-electron chi connectivity index (χ3n) is 1.30. The van der Waals surface area contributed by atoms with Gasteiger partial charge in [0.25, 0.3) is 0 Å². The van der Waals surface area contributed by atoms with Gasteiger partial charge in [-0.15, -0.1) is 0 Å². The van der Waals surface area contributed by atoms with Crippen LogP contribution in [-0.4, -0.2) is 38.5 Å². The molecule has 13 heavy (non-hydrogen) atoms. The van der Waals surface area contributed by atoms with Crippen molar-refractivity contribution in [1.29, 1.82) is 0 Å². The van der Waals surface area contributed by atoms with Crippen molar-refractivity contribution in [1.82, 2.24) is 5.23 Å². The minimum absolute atomic E-state index is 0.144. The van der Waals surface area contributed by atoms with Crippen molar-refractivity contribution in [2.45, 2.75) is 13.8 Å². The van der Waals surface area contributed by atoms with Gasteiger partial charge in [-0.05, 0) is 13.8 Å². The average molecular weight is 211 g/mol. The fourth-order valence-corrected chi connectivity index (χ4v) is 1.37. The molecule has 0 N–H and O–H groups in total. The van der Waals surface area contributed by atoms with E-state index in [0.717, 1.165) is 0 Å². The third-order valence-corrected chi connectivity index (χ3v) is 2.82. The molecule has 0 rings (SSSR count). The van der Waals surface area contributed by atoms with Crippen molar-refractivity contribution in [3.05, 3.63) is 0 Å². The van der Waals surface area contributed by atoms with E-state index in [1.54, 1.807) is 0 Å². The van der Waals surface area contributed by atoms with Crippen LogP contribution in [0.4, 0.5) is 0 Å². The van der Waals surface area contributed by atoms with E-state index in [1.807, 2.05) is 13.8 Å². The van der Waals surface area contributed by atoms with Crippen LogP contribution in [0.15, 0.2) is 0 Å². The summed E-state index contributed by atoms with van der Waals surface area (Å²) < 4.78 is 16.3. The highest BCUT2D eigenvalue weighted by Gasteiger charge is 2.20. The van der Waals surface area contributed by atoms with E-state index in [9.17, 15) is 4.57 Å². The van der Waals surface area contributed by atoms with Gasteiger partial charge in [0.15, 0.2) is 0 Å². The largest absolute Gasteiger partial charge is 0.331 e. The average Bonchev–Trinajstić information content (AvgIpc) is 2.05. The number of nitrogens with zero attached hydrogens (tertiary/aromatic N) is 1. The normalized spacial score (nSPS) is 16.1. The van der Waals surface area contributed by atoms with Gasteiger partial charge in [0, 0.05) is 13.8 Å². The molecule has 6 heteroatoms. The monoisotopic (exact) mass is 211 g/mol. The van der Waals surface area contributed by atoms with E-state index in [0.29, 0.717) is 13.2 Å². The maximum atomic E-state index is 11.5. The van der Waals surface area contributed by atoms with Gasteiger partial charge in [0.05, 0.1) is 13.2 Å². The van der Waals surface area contributed by atoms with Crippen molar-refractivity contribution < 1.29 is 18.8 Å². The molecule has 1 atom stereocenters. The van der Waals surface area contributed by atoms with Gasteiger partial charge in [-0.2, -0.15) is 0 Å². The molecule has 0 saturated carbocycles. The zero-order valence-electron chi connectivity index (χ0n) is 8.65. The lowest BCUT2D eigenvalue weighted by atomic mass is 10.9. The molecule has 0 aromatic carbocycles. The topological polar surface area (TPSA) is 48.0 Å². The Morgan fingerprint density at radius 1 is 1.23 bits per heavy atom. The van der Waals surface area contributed by atoms with Gasteiger partial charge in [-0.1, -0.05) is 5.23 Å². The van der Waals surface area contributed by atoms with E-state index < -0.39 is 7.37 Å². The zero-order chi connectivity index (χ0) is 10.3. The summed E-state index contributed by atoms with van der Waals surface area (Å²) in [6.45, 7) is 6.16. The lowest BCUT2D eigenvalue weighted by molar-refractivity contribution is -0.355. The van der Waals surface area contributed by atoms with Crippen molar-refractivity contribution in [2.75, 3.05) is 33.3 Å². The van der Waals surface area contributed by atoms with Gasteiger partial charge >= 0.3 is 0 Å². The predicted molar refractivity (Wildman–Crippen MR) is 50.5 cm³/mol. The third kappa shape index (κ3) is 6.18. The first kappa shape index (κ1) is 13.1. The quantitative estimate of drug-likeness (QED) is 0.474. The highest BCUT2D eigenvalue weighted by molar-refractivity contribution is 7.58. The fourth-order valence-electron chi connectivity index (χ4n) is 0.674. The molecule has 0 fully saturated rings. The minimum Gasteiger partial charge on any atom is -0.331 e. The second-order valence-corrected chi connectivity index (χ2v) is 5.18. The minimum atomic E-state index is -2.61. The summed E-state index contributed by atoms with van der Waals surface area (Å²) in [6.07, 6.45) is 0.144. The van der Waals surface area contributed by atoms with Crippen LogP contribution in [0.2, 0.25) is 0 Å². The Bertz CT molecular complexity index is 170. The van der Waals surface area contributed by atoms with E-state index in [4.69, 9.17) is 14.2 Å². The first-order chi connectivity index (χ1) is 6.05. The maximum Gasteiger partial charge on any atom is 0.218 e. The van der Waals surface area contributed by atoms with Crippen molar-refractivity contribution in [3.63, 3.8) is 0 Å². The highest BCUT2D eigenvalue weighted by Crippen LogP contribution is 2.41. The Balaban J connectivity index is 4.00. The standard InChI is InChI=1S/C7H18NO4P/c1-5-11-8(12-6-2)7-13(4,9)10-3/h5-7H2,1-4H3. The van der Waals surface area contributed by atoms with Crippen LogP contribution in [0, 0.1) is 0 Å². The fraction of sp³-hybridized carbons (Fsp3) is 1.00. The molecule has 0 amide bonds. The Morgan fingerprint density at radius 2 is 1.69 bits per heavy atom. The lowest BCUT2D eigenvalue weighted by Gasteiger charge is -2.22. The number of hydrogen-bond donors (Lipinski definition) is 0. The summed E-state index contributed by atoms with van der Waals surface area (Å²) in [5, 5.41) is 1.21. The SMILES string of the molecule is CCON(CP(C)(=O)OC)OCC. The second kappa shape index (κ2) is 6.51. The summed E-state index contributed by atoms with van der Waals surface area (Å²) in [6, 6.07) is 0. The molecule has 1 unspecified atom stereocenters. The number of hydrogen-bond acceptors (Lipinski definition) is 5. The van der Waals surface area contributed by atoms with E-state index in [1.165, 1.54) is 19.0 Å². The predicted octanol–water partition coefficient (Wildman–Crippen LogP) is 1.70. The molecular formula is C7H18NO4P. The molecule has 0 aliphatic carbocycles. The Kier molecular flexibility index (Phi) is 6.55. The molecule has 5 nitrogen and oxygen atoms in total. The zero-order valence-corrected chi connectivity index (χ0v) is 9.54. The first-order valence-corrected chi connectivity index (χ1v) is 6.47. The molecule has 0 aromatic heterocycles. The Morgan fingerprint density at radius 3 is 2.00 bits per heavy atom. The van der Waals surface area contributed by atoms with Crippen molar-refractivity contribution in [3.8, 4) is 0 Å². The summed E-state index contributed by atoms with van der Waals surface area (Å²) in [5.41, 5.74) is 0. The van der Waals surface area contributed by atoms with E-state index in [2.05, 4.69) is 0 Å². The van der Waals surface area contributed by atoms with Gasteiger partial charge in [-0.3, -0.25) is 14.2 Å². The summed E-state index contributed by atoms with van der Waals surface area (Å²) in [7, 11) is -1.20. The van der Waals surface area contributed by atoms with E-state index in [-0.39, 0.29) is 6.29 Å². The van der Waals surface area contributed by atoms with Gasteiger partial charge in [0.2, 0.25) is 7.37 Å². The molecule has 0 aromatic rings. The molecule has 0 aliphatic rings. The second-order valence-electron chi connectivity index (χ2n) is 2.51. The number of hydroxylamine groups is 2. The van der Waals surface area contributed by atoms with Crippen LogP contribution in [0.3, 0.4) is 0 Å². The smallest absolute Gasteiger partial charge is 0.218 e. The molecule has 0 spiro atoms. The summed E-state index contributed by atoms with van der Waals surface area (Å²) in [4.78, 5) is 10.2. The molecule has 0 radical (unpaired) electrons. The van der Waals surface area contributed by atoms with Gasteiger partial charge in [-0.25, -0.2) is 0 Å².